The van der Waals surface area contributed by atoms with Gasteiger partial charge < -0.3 is 4.74 Å². The Hall–Kier alpha value is -1.08. The van der Waals surface area contributed by atoms with Crippen molar-refractivity contribution >= 4 is 17.7 Å². The van der Waals surface area contributed by atoms with E-state index in [1.807, 2.05) is 42.1 Å². The third-order valence-electron chi connectivity index (χ3n) is 4.20. The standard InChI is InChI=1S/C17H24N2O3S/c20-17(18-22-15-8-4-5-11-21-15)16(14-6-2-1-3-7-14)19-9-12-23-13-10-19/h1-3,6-7,15-16H,4-5,8-13H2,(H,18,20)/t15-,16+/m0/s1. The van der Waals surface area contributed by atoms with Gasteiger partial charge >= 0.3 is 0 Å². The minimum atomic E-state index is -0.318. The molecule has 2 aliphatic heterocycles. The van der Waals surface area contributed by atoms with Crippen LogP contribution in [0.4, 0.5) is 0 Å². The molecule has 0 radical (unpaired) electrons. The first-order chi connectivity index (χ1) is 11.3. The van der Waals surface area contributed by atoms with Crippen molar-refractivity contribution in [3.8, 4) is 0 Å². The van der Waals surface area contributed by atoms with Crippen LogP contribution in [0.1, 0.15) is 30.9 Å². The van der Waals surface area contributed by atoms with Crippen molar-refractivity contribution in [2.24, 2.45) is 0 Å². The summed E-state index contributed by atoms with van der Waals surface area (Å²) in [6.07, 6.45) is 2.65. The van der Waals surface area contributed by atoms with Crippen molar-refractivity contribution in [1.29, 1.82) is 0 Å². The predicted octanol–water partition coefficient (Wildman–Crippen LogP) is 2.35. The second-order valence-corrected chi connectivity index (χ2v) is 7.07. The third-order valence-corrected chi connectivity index (χ3v) is 5.15. The van der Waals surface area contributed by atoms with Crippen molar-refractivity contribution < 1.29 is 14.4 Å². The van der Waals surface area contributed by atoms with Crippen molar-refractivity contribution in [1.82, 2.24) is 10.4 Å². The van der Waals surface area contributed by atoms with Crippen molar-refractivity contribution in [2.45, 2.75) is 31.6 Å². The Morgan fingerprint density at radius 3 is 2.74 bits per heavy atom. The van der Waals surface area contributed by atoms with Crippen LogP contribution >= 0.6 is 11.8 Å². The molecule has 2 fully saturated rings. The van der Waals surface area contributed by atoms with E-state index in [1.54, 1.807) is 0 Å². The summed E-state index contributed by atoms with van der Waals surface area (Å²) in [5.74, 6) is 2.00. The van der Waals surface area contributed by atoms with Crippen molar-refractivity contribution in [3.63, 3.8) is 0 Å². The molecule has 2 saturated heterocycles. The van der Waals surface area contributed by atoms with Gasteiger partial charge in [-0.3, -0.25) is 9.69 Å². The molecule has 3 rings (SSSR count). The molecule has 6 heteroatoms. The Morgan fingerprint density at radius 2 is 2.04 bits per heavy atom. The Kier molecular flexibility index (Phi) is 6.33. The second-order valence-electron chi connectivity index (χ2n) is 5.84. The minimum Gasteiger partial charge on any atom is -0.350 e. The molecular formula is C17H24N2O3S. The van der Waals surface area contributed by atoms with Crippen LogP contribution in [0.5, 0.6) is 0 Å². The van der Waals surface area contributed by atoms with Crippen molar-refractivity contribution in [2.75, 3.05) is 31.2 Å². The number of nitrogens with one attached hydrogen (secondary N) is 1. The number of benzene rings is 1. The molecule has 1 amide bonds. The fourth-order valence-electron chi connectivity index (χ4n) is 2.98. The zero-order chi connectivity index (χ0) is 15.9. The second kappa shape index (κ2) is 8.68. The highest BCUT2D eigenvalue weighted by molar-refractivity contribution is 7.99. The maximum absolute atomic E-state index is 12.7. The molecule has 0 aliphatic carbocycles. The third kappa shape index (κ3) is 4.70. The summed E-state index contributed by atoms with van der Waals surface area (Å²) in [6.45, 7) is 2.53. The van der Waals surface area contributed by atoms with Gasteiger partial charge in [-0.05, 0) is 18.4 Å². The van der Waals surface area contributed by atoms with Crippen LogP contribution in [-0.2, 0) is 14.4 Å². The number of rotatable bonds is 5. The fraction of sp³-hybridized carbons (Fsp3) is 0.588. The van der Waals surface area contributed by atoms with E-state index in [0.717, 1.165) is 49.4 Å². The first-order valence-corrected chi connectivity index (χ1v) is 9.44. The molecule has 2 aliphatic rings. The normalized spacial score (nSPS) is 24.1. The monoisotopic (exact) mass is 336 g/mol. The van der Waals surface area contributed by atoms with E-state index in [9.17, 15) is 4.79 Å². The van der Waals surface area contributed by atoms with E-state index in [2.05, 4.69) is 10.4 Å². The topological polar surface area (TPSA) is 50.8 Å². The molecule has 2 heterocycles. The van der Waals surface area contributed by atoms with Crippen molar-refractivity contribution in [3.05, 3.63) is 35.9 Å². The Labute approximate surface area is 141 Å². The van der Waals surface area contributed by atoms with E-state index in [0.29, 0.717) is 6.61 Å². The summed E-state index contributed by atoms with van der Waals surface area (Å²) in [6, 6.07) is 9.61. The molecule has 5 nitrogen and oxygen atoms in total. The number of hydrogen-bond donors (Lipinski definition) is 1. The summed E-state index contributed by atoms with van der Waals surface area (Å²) in [5, 5.41) is 0. The van der Waals surface area contributed by atoms with Gasteiger partial charge in [-0.2, -0.15) is 11.8 Å². The molecule has 1 aromatic carbocycles. The number of amides is 1. The molecule has 0 bridgehead atoms. The number of carbonyl (C=O) groups excluding carboxylic acids is 1. The van der Waals surface area contributed by atoms with Gasteiger partial charge in [0.25, 0.3) is 5.91 Å². The summed E-state index contributed by atoms with van der Waals surface area (Å²) in [7, 11) is 0. The molecular weight excluding hydrogens is 312 g/mol. The SMILES string of the molecule is O=C(NO[C@H]1CCCCO1)[C@@H](c1ccccc1)N1CCSCC1. The predicted molar refractivity (Wildman–Crippen MR) is 90.9 cm³/mol. The molecule has 1 aromatic rings. The highest BCUT2D eigenvalue weighted by atomic mass is 32.2. The van der Waals surface area contributed by atoms with Gasteiger partial charge in [-0.1, -0.05) is 30.3 Å². The molecule has 0 aromatic heterocycles. The summed E-state index contributed by atoms with van der Waals surface area (Å²) < 4.78 is 5.51. The minimum absolute atomic E-state index is 0.114. The van der Waals surface area contributed by atoms with Crippen LogP contribution in [-0.4, -0.2) is 48.3 Å². The molecule has 0 spiro atoms. The molecule has 2 atom stereocenters. The van der Waals surface area contributed by atoms with E-state index in [1.165, 1.54) is 0 Å². The maximum Gasteiger partial charge on any atom is 0.265 e. The van der Waals surface area contributed by atoms with Gasteiger partial charge in [0.05, 0.1) is 0 Å². The quantitative estimate of drug-likeness (QED) is 0.837. The smallest absolute Gasteiger partial charge is 0.265 e. The van der Waals surface area contributed by atoms with E-state index in [-0.39, 0.29) is 18.2 Å². The average molecular weight is 336 g/mol. The summed E-state index contributed by atoms with van der Waals surface area (Å²) in [4.78, 5) is 20.5. The van der Waals surface area contributed by atoms with Gasteiger partial charge in [0.15, 0.2) is 6.29 Å². The summed E-state index contributed by atoms with van der Waals surface area (Å²) in [5.41, 5.74) is 3.64. The lowest BCUT2D eigenvalue weighted by Gasteiger charge is -2.34. The van der Waals surface area contributed by atoms with Crippen LogP contribution in [0.25, 0.3) is 0 Å². The van der Waals surface area contributed by atoms with E-state index >= 15 is 0 Å². The van der Waals surface area contributed by atoms with Crippen LogP contribution < -0.4 is 5.48 Å². The van der Waals surface area contributed by atoms with Crippen LogP contribution in [0.2, 0.25) is 0 Å². The van der Waals surface area contributed by atoms with Crippen LogP contribution in [0.15, 0.2) is 30.3 Å². The fourth-order valence-corrected chi connectivity index (χ4v) is 3.91. The lowest BCUT2D eigenvalue weighted by Crippen LogP contribution is -2.45. The molecule has 1 N–H and O–H groups in total. The van der Waals surface area contributed by atoms with Gasteiger partial charge in [0, 0.05) is 37.6 Å². The number of hydrogen-bond acceptors (Lipinski definition) is 5. The first kappa shape index (κ1) is 16.8. The van der Waals surface area contributed by atoms with Gasteiger partial charge in [-0.25, -0.2) is 10.3 Å². The maximum atomic E-state index is 12.7. The number of thioether (sulfide) groups is 1. The average Bonchev–Trinajstić information content (AvgIpc) is 2.63. The van der Waals surface area contributed by atoms with E-state index < -0.39 is 0 Å². The van der Waals surface area contributed by atoms with Gasteiger partial charge in [-0.15, -0.1) is 0 Å². The highest BCUT2D eigenvalue weighted by Gasteiger charge is 2.29. The first-order valence-electron chi connectivity index (χ1n) is 8.28. The van der Waals surface area contributed by atoms with Gasteiger partial charge in [0.1, 0.15) is 6.04 Å². The number of ether oxygens (including phenoxy) is 1. The lowest BCUT2D eigenvalue weighted by atomic mass is 10.0. The Balaban J connectivity index is 1.65. The molecule has 126 valence electrons. The van der Waals surface area contributed by atoms with E-state index in [4.69, 9.17) is 9.57 Å². The van der Waals surface area contributed by atoms with Crippen LogP contribution in [0, 0.1) is 0 Å². The highest BCUT2D eigenvalue weighted by Crippen LogP contribution is 2.24. The Bertz CT molecular complexity index is 488. The number of hydroxylamine groups is 1. The number of nitrogens with zero attached hydrogens (tertiary/aromatic N) is 1. The molecule has 23 heavy (non-hydrogen) atoms. The van der Waals surface area contributed by atoms with Crippen LogP contribution in [0.3, 0.4) is 0 Å². The summed E-state index contributed by atoms with van der Waals surface area (Å²) >= 11 is 1.93. The Morgan fingerprint density at radius 1 is 1.26 bits per heavy atom. The number of carbonyl (C=O) groups is 1. The van der Waals surface area contributed by atoms with Gasteiger partial charge in [0.2, 0.25) is 0 Å². The largest absolute Gasteiger partial charge is 0.350 e. The lowest BCUT2D eigenvalue weighted by molar-refractivity contribution is -0.202. The molecule has 0 unspecified atom stereocenters. The zero-order valence-corrected chi connectivity index (χ0v) is 14.1. The zero-order valence-electron chi connectivity index (χ0n) is 13.3. The molecule has 0 saturated carbocycles.